The number of hydrogen-bond donors (Lipinski definition) is 1. The van der Waals surface area contributed by atoms with Gasteiger partial charge in [0.25, 0.3) is 0 Å². The summed E-state index contributed by atoms with van der Waals surface area (Å²) in [5.74, 6) is 0.232. The summed E-state index contributed by atoms with van der Waals surface area (Å²) in [6, 6.07) is 6.85. The Morgan fingerprint density at radius 3 is 2.44 bits per heavy atom. The topological polar surface area (TPSA) is 57.6 Å². The second-order valence-electron chi connectivity index (χ2n) is 4.46. The first kappa shape index (κ1) is 14.0. The van der Waals surface area contributed by atoms with Crippen molar-refractivity contribution in [1.29, 1.82) is 0 Å². The lowest BCUT2D eigenvalue weighted by Crippen LogP contribution is -2.39. The van der Waals surface area contributed by atoms with Crippen LogP contribution in [0.2, 0.25) is 0 Å². The second kappa shape index (κ2) is 5.69. The van der Waals surface area contributed by atoms with Gasteiger partial charge in [-0.3, -0.25) is 0 Å². The van der Waals surface area contributed by atoms with Gasteiger partial charge in [-0.05, 0) is 46.8 Å². The van der Waals surface area contributed by atoms with Gasteiger partial charge in [0.05, 0.1) is 4.90 Å². The lowest BCUT2D eigenvalue weighted by Gasteiger charge is -2.30. The monoisotopic (exact) mass is 333 g/mol. The van der Waals surface area contributed by atoms with E-state index in [0.717, 1.165) is 12.8 Å². The molecule has 0 unspecified atom stereocenters. The summed E-state index contributed by atoms with van der Waals surface area (Å²) >= 11 is 3.28. The van der Waals surface area contributed by atoms with Crippen molar-refractivity contribution in [2.24, 2.45) is 5.92 Å². The molecule has 0 aromatic heterocycles. The van der Waals surface area contributed by atoms with E-state index >= 15 is 0 Å². The van der Waals surface area contributed by atoms with E-state index in [2.05, 4.69) is 15.9 Å². The van der Waals surface area contributed by atoms with Crippen LogP contribution in [0.5, 0.6) is 0 Å². The fourth-order valence-electron chi connectivity index (χ4n) is 2.13. The molecule has 6 heteroatoms. The minimum absolute atomic E-state index is 0.142. The van der Waals surface area contributed by atoms with E-state index < -0.39 is 10.0 Å². The Kier molecular flexibility index (Phi) is 4.42. The third-order valence-electron chi connectivity index (χ3n) is 3.29. The number of hydrogen-bond acceptors (Lipinski definition) is 3. The number of nitrogens with zero attached hydrogens (tertiary/aromatic N) is 1. The molecule has 0 saturated carbocycles. The van der Waals surface area contributed by atoms with E-state index in [1.54, 1.807) is 24.3 Å². The van der Waals surface area contributed by atoms with E-state index in [9.17, 15) is 8.42 Å². The van der Waals surface area contributed by atoms with Crippen molar-refractivity contribution < 1.29 is 13.5 Å². The Hall–Kier alpha value is -0.430. The maximum absolute atomic E-state index is 12.4. The van der Waals surface area contributed by atoms with Gasteiger partial charge in [0.1, 0.15) is 0 Å². The van der Waals surface area contributed by atoms with Crippen LogP contribution in [0.1, 0.15) is 12.8 Å². The maximum Gasteiger partial charge on any atom is 0.244 e. The standard InChI is InChI=1S/C12H16BrNO3S/c13-11-3-1-2-4-12(11)18(16,17)14-7-5-10(9-15)6-8-14/h1-4,10,15H,5-9H2. The molecule has 2 rings (SSSR count). The lowest BCUT2D eigenvalue weighted by atomic mass is 10.00. The highest BCUT2D eigenvalue weighted by molar-refractivity contribution is 9.10. The number of aliphatic hydroxyl groups excluding tert-OH is 1. The van der Waals surface area contributed by atoms with Crippen LogP contribution in [-0.4, -0.2) is 37.5 Å². The molecule has 1 aromatic carbocycles. The average Bonchev–Trinajstić information content (AvgIpc) is 2.39. The highest BCUT2D eigenvalue weighted by Crippen LogP contribution is 2.27. The molecule has 1 saturated heterocycles. The highest BCUT2D eigenvalue weighted by atomic mass is 79.9. The predicted molar refractivity (Wildman–Crippen MR) is 72.7 cm³/mol. The first-order chi connectivity index (χ1) is 8.55. The highest BCUT2D eigenvalue weighted by Gasteiger charge is 2.30. The fraction of sp³-hybridized carbons (Fsp3) is 0.500. The van der Waals surface area contributed by atoms with Crippen molar-refractivity contribution in [2.45, 2.75) is 17.7 Å². The number of sulfonamides is 1. The molecule has 1 aliphatic heterocycles. The molecule has 0 amide bonds. The number of rotatable bonds is 3. The summed E-state index contributed by atoms with van der Waals surface area (Å²) in [7, 11) is -3.42. The molecule has 1 N–H and O–H groups in total. The molecule has 0 atom stereocenters. The molecule has 1 aliphatic rings. The summed E-state index contributed by atoms with van der Waals surface area (Å²) in [4.78, 5) is 0.312. The summed E-state index contributed by atoms with van der Waals surface area (Å²) in [5, 5.41) is 9.07. The van der Waals surface area contributed by atoms with Crippen LogP contribution in [0.3, 0.4) is 0 Å². The van der Waals surface area contributed by atoms with Gasteiger partial charge >= 0.3 is 0 Å². The first-order valence-corrected chi connectivity index (χ1v) is 8.14. The Morgan fingerprint density at radius 1 is 1.28 bits per heavy atom. The first-order valence-electron chi connectivity index (χ1n) is 5.91. The normalized spacial score (nSPS) is 19.0. The largest absolute Gasteiger partial charge is 0.396 e. The lowest BCUT2D eigenvalue weighted by molar-refractivity contribution is 0.170. The molecule has 1 aromatic rings. The summed E-state index contributed by atoms with van der Waals surface area (Å²) < 4.78 is 27.0. The van der Waals surface area contributed by atoms with Crippen LogP contribution < -0.4 is 0 Å². The number of halogens is 1. The van der Waals surface area contributed by atoms with Crippen LogP contribution in [0.25, 0.3) is 0 Å². The molecule has 100 valence electrons. The molecule has 0 bridgehead atoms. The molecule has 1 heterocycles. The second-order valence-corrected chi connectivity index (χ2v) is 7.22. The molecular weight excluding hydrogens is 318 g/mol. The quantitative estimate of drug-likeness (QED) is 0.918. The summed E-state index contributed by atoms with van der Waals surface area (Å²) in [6.45, 7) is 1.10. The van der Waals surface area contributed by atoms with Crippen LogP contribution >= 0.6 is 15.9 Å². The Labute approximate surface area is 116 Å². The van der Waals surface area contributed by atoms with Crippen LogP contribution in [-0.2, 0) is 10.0 Å². The molecule has 0 aliphatic carbocycles. The number of benzene rings is 1. The van der Waals surface area contributed by atoms with E-state index in [1.165, 1.54) is 4.31 Å². The maximum atomic E-state index is 12.4. The van der Waals surface area contributed by atoms with E-state index in [4.69, 9.17) is 5.11 Å². The van der Waals surface area contributed by atoms with Gasteiger partial charge in [0.2, 0.25) is 10.0 Å². The minimum Gasteiger partial charge on any atom is -0.396 e. The van der Waals surface area contributed by atoms with Gasteiger partial charge < -0.3 is 5.11 Å². The third kappa shape index (κ3) is 2.77. The van der Waals surface area contributed by atoms with Gasteiger partial charge in [0.15, 0.2) is 0 Å². The Morgan fingerprint density at radius 2 is 1.89 bits per heavy atom. The van der Waals surface area contributed by atoms with Gasteiger partial charge in [-0.2, -0.15) is 4.31 Å². The van der Waals surface area contributed by atoms with Crippen LogP contribution in [0.4, 0.5) is 0 Å². The number of aliphatic hydroxyl groups is 1. The van der Waals surface area contributed by atoms with E-state index in [0.29, 0.717) is 22.5 Å². The van der Waals surface area contributed by atoms with E-state index in [1.807, 2.05) is 0 Å². The Balaban J connectivity index is 2.20. The zero-order valence-corrected chi connectivity index (χ0v) is 12.3. The molecule has 18 heavy (non-hydrogen) atoms. The average molecular weight is 334 g/mol. The minimum atomic E-state index is -3.42. The zero-order chi connectivity index (χ0) is 13.2. The van der Waals surface area contributed by atoms with Crippen molar-refractivity contribution in [3.05, 3.63) is 28.7 Å². The fourth-order valence-corrected chi connectivity index (χ4v) is 4.56. The summed E-state index contributed by atoms with van der Waals surface area (Å²) in [6.07, 6.45) is 1.44. The van der Waals surface area contributed by atoms with Crippen LogP contribution in [0.15, 0.2) is 33.6 Å². The van der Waals surface area contributed by atoms with Crippen molar-refractivity contribution in [2.75, 3.05) is 19.7 Å². The molecular formula is C12H16BrNO3S. The van der Waals surface area contributed by atoms with Crippen LogP contribution in [0, 0.1) is 5.92 Å². The summed E-state index contributed by atoms with van der Waals surface area (Å²) in [5.41, 5.74) is 0. The van der Waals surface area contributed by atoms with Gasteiger partial charge in [-0.15, -0.1) is 0 Å². The molecule has 0 spiro atoms. The van der Waals surface area contributed by atoms with Crippen molar-refractivity contribution in [3.63, 3.8) is 0 Å². The van der Waals surface area contributed by atoms with Gasteiger partial charge in [-0.1, -0.05) is 12.1 Å². The van der Waals surface area contributed by atoms with E-state index in [-0.39, 0.29) is 12.5 Å². The predicted octanol–water partition coefficient (Wildman–Crippen LogP) is 1.84. The zero-order valence-electron chi connectivity index (χ0n) is 9.92. The molecule has 1 fully saturated rings. The van der Waals surface area contributed by atoms with Crippen molar-refractivity contribution in [3.8, 4) is 0 Å². The van der Waals surface area contributed by atoms with Gasteiger partial charge in [-0.25, -0.2) is 8.42 Å². The molecule has 4 nitrogen and oxygen atoms in total. The molecule has 0 radical (unpaired) electrons. The van der Waals surface area contributed by atoms with Gasteiger partial charge in [0, 0.05) is 24.2 Å². The number of piperidine rings is 1. The third-order valence-corrected chi connectivity index (χ3v) is 6.20. The van der Waals surface area contributed by atoms with Crippen molar-refractivity contribution in [1.82, 2.24) is 4.31 Å². The Bertz CT molecular complexity index is 510. The van der Waals surface area contributed by atoms with Crippen molar-refractivity contribution >= 4 is 26.0 Å². The smallest absolute Gasteiger partial charge is 0.244 e. The SMILES string of the molecule is O=S(=O)(c1ccccc1Br)N1CCC(CO)CC1.